The van der Waals surface area contributed by atoms with E-state index in [9.17, 15) is 4.79 Å². The van der Waals surface area contributed by atoms with Crippen molar-refractivity contribution in [2.24, 2.45) is 0 Å². The molecule has 0 fully saturated rings. The molecule has 0 radical (unpaired) electrons. The lowest BCUT2D eigenvalue weighted by Gasteiger charge is -2.10. The van der Waals surface area contributed by atoms with Crippen LogP contribution in [0.2, 0.25) is 0 Å². The first kappa shape index (κ1) is 17.4. The molecule has 2 heterocycles. The largest absolute Gasteiger partial charge is 0.483 e. The Morgan fingerprint density at radius 2 is 1.71 bits per heavy atom. The zero-order valence-corrected chi connectivity index (χ0v) is 14.8. The summed E-state index contributed by atoms with van der Waals surface area (Å²) in [6.45, 7) is 0.0549. The molecular formula is C21H16N4O3. The second-order valence-electron chi connectivity index (χ2n) is 5.85. The normalized spacial score (nSPS) is 10.4. The number of ether oxygens (including phenoxy) is 1. The molecule has 7 nitrogen and oxygen atoms in total. The monoisotopic (exact) mass is 372 g/mol. The SMILES string of the molecule is O=C(Nc1ccncc1)c1ccccc1OCc1nc(-c2ccccc2)no1. The molecule has 1 N–H and O–H groups in total. The number of hydrogen-bond acceptors (Lipinski definition) is 6. The Morgan fingerprint density at radius 1 is 0.964 bits per heavy atom. The van der Waals surface area contributed by atoms with E-state index in [0.29, 0.717) is 28.7 Å². The van der Waals surface area contributed by atoms with Crippen molar-refractivity contribution in [3.63, 3.8) is 0 Å². The lowest BCUT2D eigenvalue weighted by atomic mass is 10.2. The van der Waals surface area contributed by atoms with E-state index in [0.717, 1.165) is 5.56 Å². The van der Waals surface area contributed by atoms with E-state index in [1.54, 1.807) is 48.8 Å². The van der Waals surface area contributed by atoms with Crippen molar-refractivity contribution in [1.82, 2.24) is 15.1 Å². The highest BCUT2D eigenvalue weighted by atomic mass is 16.5. The van der Waals surface area contributed by atoms with Crippen molar-refractivity contribution in [1.29, 1.82) is 0 Å². The molecule has 28 heavy (non-hydrogen) atoms. The summed E-state index contributed by atoms with van der Waals surface area (Å²) in [6.07, 6.45) is 3.22. The highest BCUT2D eigenvalue weighted by Gasteiger charge is 2.14. The quantitative estimate of drug-likeness (QED) is 0.551. The van der Waals surface area contributed by atoms with Crippen molar-refractivity contribution in [2.75, 3.05) is 5.32 Å². The Labute approximate surface area is 161 Å². The number of amides is 1. The lowest BCUT2D eigenvalue weighted by molar-refractivity contribution is 0.102. The van der Waals surface area contributed by atoms with Gasteiger partial charge in [0.2, 0.25) is 5.82 Å². The molecule has 0 aliphatic carbocycles. The lowest BCUT2D eigenvalue weighted by Crippen LogP contribution is -2.13. The highest BCUT2D eigenvalue weighted by Crippen LogP contribution is 2.21. The Bertz CT molecular complexity index is 1070. The molecule has 0 saturated heterocycles. The summed E-state index contributed by atoms with van der Waals surface area (Å²) in [5.74, 6) is 0.955. The Hall–Kier alpha value is -4.00. The van der Waals surface area contributed by atoms with E-state index in [1.807, 2.05) is 30.3 Å². The van der Waals surface area contributed by atoms with Crippen LogP contribution in [0.1, 0.15) is 16.2 Å². The van der Waals surface area contributed by atoms with Crippen molar-refractivity contribution in [3.05, 3.63) is 90.6 Å². The minimum Gasteiger partial charge on any atom is -0.483 e. The van der Waals surface area contributed by atoms with Gasteiger partial charge in [-0.1, -0.05) is 47.6 Å². The van der Waals surface area contributed by atoms with Gasteiger partial charge in [-0.15, -0.1) is 0 Å². The van der Waals surface area contributed by atoms with Crippen LogP contribution in [0.5, 0.6) is 5.75 Å². The number of aromatic nitrogens is 3. The molecule has 0 bridgehead atoms. The molecule has 0 atom stereocenters. The Kier molecular flexibility index (Phi) is 5.06. The van der Waals surface area contributed by atoms with Gasteiger partial charge in [0, 0.05) is 23.6 Å². The predicted molar refractivity (Wildman–Crippen MR) is 103 cm³/mol. The van der Waals surface area contributed by atoms with Gasteiger partial charge in [-0.3, -0.25) is 9.78 Å². The van der Waals surface area contributed by atoms with Crippen LogP contribution in [-0.4, -0.2) is 21.0 Å². The van der Waals surface area contributed by atoms with Gasteiger partial charge in [0.15, 0.2) is 6.61 Å². The van der Waals surface area contributed by atoms with E-state index in [-0.39, 0.29) is 12.5 Å². The van der Waals surface area contributed by atoms with Crippen molar-refractivity contribution in [2.45, 2.75) is 6.61 Å². The first-order valence-electron chi connectivity index (χ1n) is 8.61. The third kappa shape index (κ3) is 4.04. The summed E-state index contributed by atoms with van der Waals surface area (Å²) in [5.41, 5.74) is 1.91. The fourth-order valence-corrected chi connectivity index (χ4v) is 2.57. The predicted octanol–water partition coefficient (Wildman–Crippen LogP) is 3.96. The topological polar surface area (TPSA) is 90.1 Å². The molecule has 0 saturated carbocycles. The van der Waals surface area contributed by atoms with Crippen LogP contribution >= 0.6 is 0 Å². The molecule has 7 heteroatoms. The van der Waals surface area contributed by atoms with Gasteiger partial charge < -0.3 is 14.6 Å². The van der Waals surface area contributed by atoms with Crippen LogP contribution < -0.4 is 10.1 Å². The van der Waals surface area contributed by atoms with Crippen molar-refractivity contribution < 1.29 is 14.1 Å². The summed E-state index contributed by atoms with van der Waals surface area (Å²) >= 11 is 0. The van der Waals surface area contributed by atoms with E-state index >= 15 is 0 Å². The average Bonchev–Trinajstić information content (AvgIpc) is 3.23. The second kappa shape index (κ2) is 8.13. The fraction of sp³-hybridized carbons (Fsp3) is 0.0476. The van der Waals surface area contributed by atoms with Gasteiger partial charge in [0.1, 0.15) is 5.75 Å². The van der Waals surface area contributed by atoms with Gasteiger partial charge >= 0.3 is 0 Å². The third-order valence-corrected chi connectivity index (χ3v) is 3.92. The number of carbonyl (C=O) groups excluding carboxylic acids is 1. The molecule has 4 aromatic rings. The molecular weight excluding hydrogens is 356 g/mol. The molecule has 0 aliphatic heterocycles. The summed E-state index contributed by atoms with van der Waals surface area (Å²) in [7, 11) is 0. The zero-order valence-electron chi connectivity index (χ0n) is 14.8. The minimum absolute atomic E-state index is 0.0549. The number of anilines is 1. The summed E-state index contributed by atoms with van der Waals surface area (Å²) in [6, 6.07) is 19.9. The maximum Gasteiger partial charge on any atom is 0.264 e. The molecule has 0 aliphatic rings. The number of nitrogens with zero attached hydrogens (tertiary/aromatic N) is 3. The number of carbonyl (C=O) groups is 1. The van der Waals surface area contributed by atoms with Gasteiger partial charge in [-0.25, -0.2) is 0 Å². The number of pyridine rings is 1. The van der Waals surface area contributed by atoms with Crippen LogP contribution in [0.4, 0.5) is 5.69 Å². The van der Waals surface area contributed by atoms with Crippen molar-refractivity contribution in [3.8, 4) is 17.1 Å². The van der Waals surface area contributed by atoms with Crippen LogP contribution in [-0.2, 0) is 6.61 Å². The maximum atomic E-state index is 12.6. The van der Waals surface area contributed by atoms with Gasteiger partial charge in [-0.05, 0) is 24.3 Å². The summed E-state index contributed by atoms with van der Waals surface area (Å²) in [4.78, 5) is 20.8. The standard InChI is InChI=1S/C21H16N4O3/c26-21(23-16-10-12-22-13-11-16)17-8-4-5-9-18(17)27-14-19-24-20(25-28-19)15-6-2-1-3-7-15/h1-13H,14H2,(H,22,23,26). The number of nitrogens with one attached hydrogen (secondary N) is 1. The smallest absolute Gasteiger partial charge is 0.264 e. The van der Waals surface area contributed by atoms with E-state index < -0.39 is 0 Å². The van der Waals surface area contributed by atoms with Crippen LogP contribution in [0.15, 0.2) is 83.6 Å². The number of para-hydroxylation sites is 1. The molecule has 2 aromatic carbocycles. The summed E-state index contributed by atoms with van der Waals surface area (Å²) in [5, 5.41) is 6.77. The van der Waals surface area contributed by atoms with Gasteiger partial charge in [0.25, 0.3) is 11.8 Å². The van der Waals surface area contributed by atoms with Crippen LogP contribution in [0.3, 0.4) is 0 Å². The molecule has 2 aromatic heterocycles. The van der Waals surface area contributed by atoms with E-state index in [2.05, 4.69) is 20.4 Å². The van der Waals surface area contributed by atoms with Crippen LogP contribution in [0.25, 0.3) is 11.4 Å². The van der Waals surface area contributed by atoms with E-state index in [4.69, 9.17) is 9.26 Å². The molecule has 138 valence electrons. The Balaban J connectivity index is 1.46. The van der Waals surface area contributed by atoms with Crippen LogP contribution in [0, 0.1) is 0 Å². The molecule has 1 amide bonds. The number of hydrogen-bond donors (Lipinski definition) is 1. The number of rotatable bonds is 6. The van der Waals surface area contributed by atoms with Gasteiger partial charge in [0.05, 0.1) is 5.56 Å². The van der Waals surface area contributed by atoms with Gasteiger partial charge in [-0.2, -0.15) is 4.98 Å². The molecule has 0 unspecified atom stereocenters. The summed E-state index contributed by atoms with van der Waals surface area (Å²) < 4.78 is 11.0. The van der Waals surface area contributed by atoms with Crippen molar-refractivity contribution >= 4 is 11.6 Å². The fourth-order valence-electron chi connectivity index (χ4n) is 2.57. The first-order valence-corrected chi connectivity index (χ1v) is 8.61. The average molecular weight is 372 g/mol. The minimum atomic E-state index is -0.280. The first-order chi connectivity index (χ1) is 13.8. The Morgan fingerprint density at radius 3 is 2.54 bits per heavy atom. The molecule has 4 rings (SSSR count). The maximum absolute atomic E-state index is 12.6. The number of benzene rings is 2. The zero-order chi connectivity index (χ0) is 19.2. The highest BCUT2D eigenvalue weighted by molar-refractivity contribution is 6.06. The second-order valence-corrected chi connectivity index (χ2v) is 5.85. The molecule has 0 spiro atoms. The van der Waals surface area contributed by atoms with E-state index in [1.165, 1.54) is 0 Å². The third-order valence-electron chi connectivity index (χ3n) is 3.92.